The van der Waals surface area contributed by atoms with Gasteiger partial charge in [-0.3, -0.25) is 4.72 Å². The second kappa shape index (κ2) is 6.97. The molecule has 0 unspecified atom stereocenters. The maximum Gasteiger partial charge on any atom is 0.338 e. The van der Waals surface area contributed by atoms with Crippen LogP contribution in [-0.2, 0) is 14.8 Å². The zero-order valence-corrected chi connectivity index (χ0v) is 13.6. The molecule has 0 amide bonds. The Kier molecular flexibility index (Phi) is 5.23. The van der Waals surface area contributed by atoms with E-state index >= 15 is 0 Å². The van der Waals surface area contributed by atoms with Crippen molar-refractivity contribution >= 4 is 33.3 Å². The average Bonchev–Trinajstić information content (AvgIpc) is 2.47. The van der Waals surface area contributed by atoms with Crippen LogP contribution in [0.15, 0.2) is 47.4 Å². The molecule has 2 aromatic carbocycles. The summed E-state index contributed by atoms with van der Waals surface area (Å²) in [5.41, 5.74) is 0.472. The van der Waals surface area contributed by atoms with E-state index in [4.69, 9.17) is 16.3 Å². The topological polar surface area (TPSA) is 72.5 Å². The van der Waals surface area contributed by atoms with E-state index in [9.17, 15) is 17.6 Å². The van der Waals surface area contributed by atoms with Crippen molar-refractivity contribution in [2.24, 2.45) is 0 Å². The Morgan fingerprint density at radius 2 is 1.87 bits per heavy atom. The van der Waals surface area contributed by atoms with E-state index in [0.29, 0.717) is 0 Å². The van der Waals surface area contributed by atoms with Crippen LogP contribution in [0.3, 0.4) is 0 Å². The van der Waals surface area contributed by atoms with Crippen LogP contribution in [0.2, 0.25) is 5.02 Å². The van der Waals surface area contributed by atoms with Gasteiger partial charge in [-0.15, -0.1) is 0 Å². The highest BCUT2D eigenvalue weighted by atomic mass is 35.5. The van der Waals surface area contributed by atoms with Gasteiger partial charge in [0.25, 0.3) is 10.0 Å². The first-order valence-corrected chi connectivity index (χ1v) is 8.44. The Bertz CT molecular complexity index is 822. The van der Waals surface area contributed by atoms with Crippen molar-refractivity contribution < 1.29 is 22.3 Å². The Labute approximate surface area is 138 Å². The van der Waals surface area contributed by atoms with Crippen LogP contribution < -0.4 is 4.72 Å². The molecule has 0 aliphatic heterocycles. The molecule has 0 saturated carbocycles. The smallest absolute Gasteiger partial charge is 0.338 e. The molecule has 8 heteroatoms. The lowest BCUT2D eigenvalue weighted by Crippen LogP contribution is -2.14. The molecule has 0 spiro atoms. The molecule has 0 heterocycles. The molecular formula is C15H13ClFNO4S. The van der Waals surface area contributed by atoms with E-state index in [1.54, 1.807) is 6.92 Å². The molecule has 23 heavy (non-hydrogen) atoms. The highest BCUT2D eigenvalue weighted by Crippen LogP contribution is 2.22. The number of benzene rings is 2. The van der Waals surface area contributed by atoms with Crippen LogP contribution in [-0.4, -0.2) is 21.0 Å². The van der Waals surface area contributed by atoms with E-state index in [0.717, 1.165) is 12.1 Å². The summed E-state index contributed by atoms with van der Waals surface area (Å²) in [6.45, 7) is 1.92. The fourth-order valence-corrected chi connectivity index (χ4v) is 3.07. The molecule has 122 valence electrons. The number of rotatable bonds is 5. The second-order valence-corrected chi connectivity index (χ2v) is 6.57. The van der Waals surface area contributed by atoms with Crippen LogP contribution in [0.25, 0.3) is 0 Å². The SMILES string of the molecule is CCOC(=O)c1ccc(NS(=O)(=O)c2ccc(Cl)cc2F)cc1. The first kappa shape index (κ1) is 17.2. The molecular weight excluding hydrogens is 345 g/mol. The summed E-state index contributed by atoms with van der Waals surface area (Å²) >= 11 is 5.60. The predicted octanol–water partition coefficient (Wildman–Crippen LogP) is 3.46. The van der Waals surface area contributed by atoms with Crippen molar-refractivity contribution in [3.63, 3.8) is 0 Å². The lowest BCUT2D eigenvalue weighted by molar-refractivity contribution is 0.0526. The third-order valence-corrected chi connectivity index (χ3v) is 4.48. The number of hydrogen-bond donors (Lipinski definition) is 1. The van der Waals surface area contributed by atoms with Crippen molar-refractivity contribution in [2.75, 3.05) is 11.3 Å². The van der Waals surface area contributed by atoms with Gasteiger partial charge in [0, 0.05) is 10.7 Å². The molecule has 0 radical (unpaired) electrons. The fraction of sp³-hybridized carbons (Fsp3) is 0.133. The van der Waals surface area contributed by atoms with Crippen molar-refractivity contribution in [1.29, 1.82) is 0 Å². The molecule has 0 aliphatic rings. The van der Waals surface area contributed by atoms with Crippen molar-refractivity contribution in [3.05, 3.63) is 58.9 Å². The summed E-state index contributed by atoms with van der Waals surface area (Å²) < 4.78 is 45.1. The summed E-state index contributed by atoms with van der Waals surface area (Å²) in [7, 11) is -4.10. The lowest BCUT2D eigenvalue weighted by atomic mass is 10.2. The van der Waals surface area contributed by atoms with Crippen molar-refractivity contribution in [3.8, 4) is 0 Å². The minimum absolute atomic E-state index is 0.0974. The third kappa shape index (κ3) is 4.20. The molecule has 0 bridgehead atoms. The highest BCUT2D eigenvalue weighted by molar-refractivity contribution is 7.92. The van der Waals surface area contributed by atoms with E-state index in [1.165, 1.54) is 30.3 Å². The lowest BCUT2D eigenvalue weighted by Gasteiger charge is -2.09. The van der Waals surface area contributed by atoms with E-state index in [1.807, 2.05) is 0 Å². The number of sulfonamides is 1. The summed E-state index contributed by atoms with van der Waals surface area (Å²) in [6, 6.07) is 8.87. The van der Waals surface area contributed by atoms with Gasteiger partial charge in [-0.05, 0) is 49.4 Å². The number of nitrogens with one attached hydrogen (secondary N) is 1. The maximum absolute atomic E-state index is 13.7. The summed E-state index contributed by atoms with van der Waals surface area (Å²) in [5.74, 6) is -1.46. The molecule has 0 atom stereocenters. The Hall–Kier alpha value is -2.12. The fourth-order valence-electron chi connectivity index (χ4n) is 1.79. The number of anilines is 1. The highest BCUT2D eigenvalue weighted by Gasteiger charge is 2.19. The normalized spacial score (nSPS) is 11.1. The number of hydrogen-bond acceptors (Lipinski definition) is 4. The van der Waals surface area contributed by atoms with Gasteiger partial charge >= 0.3 is 5.97 Å². The molecule has 2 aromatic rings. The standard InChI is InChI=1S/C15H13ClFNO4S/c1-2-22-15(19)10-3-6-12(7-4-10)18-23(20,21)14-8-5-11(16)9-13(14)17/h3-9,18H,2H2,1H3. The van der Waals surface area contributed by atoms with Crippen LogP contribution >= 0.6 is 11.6 Å². The molecule has 0 aliphatic carbocycles. The molecule has 5 nitrogen and oxygen atoms in total. The Balaban J connectivity index is 2.22. The van der Waals surface area contributed by atoms with Crippen LogP contribution in [0.1, 0.15) is 17.3 Å². The predicted molar refractivity (Wildman–Crippen MR) is 84.6 cm³/mol. The number of carbonyl (C=O) groups excluding carboxylic acids is 1. The van der Waals surface area contributed by atoms with Gasteiger partial charge < -0.3 is 4.74 Å². The largest absolute Gasteiger partial charge is 0.462 e. The van der Waals surface area contributed by atoms with Crippen molar-refractivity contribution in [2.45, 2.75) is 11.8 Å². The quantitative estimate of drug-likeness (QED) is 0.832. The molecule has 0 fully saturated rings. The van der Waals surface area contributed by atoms with Crippen LogP contribution in [0.5, 0.6) is 0 Å². The van der Waals surface area contributed by atoms with Gasteiger partial charge in [0.1, 0.15) is 10.7 Å². The van der Waals surface area contributed by atoms with Crippen LogP contribution in [0.4, 0.5) is 10.1 Å². The first-order valence-electron chi connectivity index (χ1n) is 6.58. The van der Waals surface area contributed by atoms with E-state index < -0.39 is 26.7 Å². The van der Waals surface area contributed by atoms with Gasteiger partial charge in [-0.1, -0.05) is 11.6 Å². The monoisotopic (exact) mass is 357 g/mol. The maximum atomic E-state index is 13.7. The molecule has 1 N–H and O–H groups in total. The minimum Gasteiger partial charge on any atom is -0.462 e. The van der Waals surface area contributed by atoms with Crippen LogP contribution in [0, 0.1) is 5.82 Å². The third-order valence-electron chi connectivity index (χ3n) is 2.83. The minimum atomic E-state index is -4.10. The molecule has 0 saturated heterocycles. The zero-order chi connectivity index (χ0) is 17.0. The van der Waals surface area contributed by atoms with E-state index in [2.05, 4.69) is 4.72 Å². The molecule has 2 rings (SSSR count). The Morgan fingerprint density at radius 1 is 1.22 bits per heavy atom. The van der Waals surface area contributed by atoms with Gasteiger partial charge in [0.2, 0.25) is 0 Å². The van der Waals surface area contributed by atoms with Gasteiger partial charge in [-0.25, -0.2) is 17.6 Å². The number of carbonyl (C=O) groups is 1. The van der Waals surface area contributed by atoms with Gasteiger partial charge in [0.15, 0.2) is 0 Å². The zero-order valence-electron chi connectivity index (χ0n) is 12.0. The van der Waals surface area contributed by atoms with Gasteiger partial charge in [0.05, 0.1) is 12.2 Å². The second-order valence-electron chi connectivity index (χ2n) is 4.48. The van der Waals surface area contributed by atoms with Crippen molar-refractivity contribution in [1.82, 2.24) is 0 Å². The number of esters is 1. The first-order chi connectivity index (χ1) is 10.8. The number of halogens is 2. The molecule has 0 aromatic heterocycles. The summed E-state index contributed by atoms with van der Waals surface area (Å²) in [6.07, 6.45) is 0. The summed E-state index contributed by atoms with van der Waals surface area (Å²) in [5, 5.41) is 0.0974. The average molecular weight is 358 g/mol. The summed E-state index contributed by atoms with van der Waals surface area (Å²) in [4.78, 5) is 11.0. The Morgan fingerprint density at radius 3 is 2.43 bits per heavy atom. The van der Waals surface area contributed by atoms with E-state index in [-0.39, 0.29) is 22.9 Å². The van der Waals surface area contributed by atoms with Gasteiger partial charge in [-0.2, -0.15) is 0 Å². The number of ether oxygens (including phenoxy) is 1.